The summed E-state index contributed by atoms with van der Waals surface area (Å²) < 4.78 is 43.5. The lowest BCUT2D eigenvalue weighted by Crippen LogP contribution is -2.11. The van der Waals surface area contributed by atoms with Crippen molar-refractivity contribution in [1.29, 1.82) is 0 Å². The Hall–Kier alpha value is -0.590. The molecule has 2 rings (SSSR count). The third-order valence-electron chi connectivity index (χ3n) is 2.20. The molecular formula is C10H14ClN3O4S4. The first-order valence-corrected chi connectivity index (χ1v) is 11.2. The number of aromatic nitrogens is 2. The van der Waals surface area contributed by atoms with Crippen molar-refractivity contribution in [3.05, 3.63) is 21.4 Å². The standard InChI is InChI=1S/C5H6ClNO2S2.C5H8N2O2S2/c2*1-3-5(11(6,8)9)10-4(2)7-3/h1-2H3;1-2H3,(H2,6,8,9). The highest BCUT2D eigenvalue weighted by Crippen LogP contribution is 2.25. The van der Waals surface area contributed by atoms with Gasteiger partial charge < -0.3 is 0 Å². The van der Waals surface area contributed by atoms with Gasteiger partial charge in [-0.2, -0.15) is 0 Å². The van der Waals surface area contributed by atoms with Crippen LogP contribution < -0.4 is 5.14 Å². The largest absolute Gasteiger partial charge is 0.272 e. The molecule has 0 saturated heterocycles. The lowest BCUT2D eigenvalue weighted by atomic mass is 10.6. The van der Waals surface area contributed by atoms with E-state index < -0.39 is 19.1 Å². The average molecular weight is 404 g/mol. The van der Waals surface area contributed by atoms with Gasteiger partial charge in [0.2, 0.25) is 10.0 Å². The molecule has 0 amide bonds. The Labute approximate surface area is 141 Å². The van der Waals surface area contributed by atoms with Crippen LogP contribution in [0.1, 0.15) is 21.4 Å². The Morgan fingerprint density at radius 2 is 1.23 bits per heavy atom. The monoisotopic (exact) mass is 403 g/mol. The van der Waals surface area contributed by atoms with E-state index >= 15 is 0 Å². The number of nitrogens with zero attached hydrogens (tertiary/aromatic N) is 2. The molecule has 2 N–H and O–H groups in total. The minimum absolute atomic E-state index is 0.150. The summed E-state index contributed by atoms with van der Waals surface area (Å²) >= 11 is 2.19. The van der Waals surface area contributed by atoms with Crippen LogP contribution in [-0.4, -0.2) is 26.8 Å². The Kier molecular flexibility index (Phi) is 6.09. The molecule has 22 heavy (non-hydrogen) atoms. The zero-order chi connectivity index (χ0) is 17.3. The lowest BCUT2D eigenvalue weighted by Gasteiger charge is -1.90. The molecule has 124 valence electrons. The van der Waals surface area contributed by atoms with Crippen molar-refractivity contribution in [2.75, 3.05) is 0 Å². The molecule has 0 radical (unpaired) electrons. The van der Waals surface area contributed by atoms with Crippen LogP contribution in [0.15, 0.2) is 8.42 Å². The smallest absolute Gasteiger partial charge is 0.245 e. The predicted molar refractivity (Wildman–Crippen MR) is 87.6 cm³/mol. The number of nitrogens with two attached hydrogens (primary N) is 1. The molecule has 0 spiro atoms. The minimum atomic E-state index is -3.58. The minimum Gasteiger partial charge on any atom is -0.245 e. The van der Waals surface area contributed by atoms with Crippen molar-refractivity contribution in [2.45, 2.75) is 36.1 Å². The third-order valence-corrected chi connectivity index (χ3v) is 8.08. The number of thiazole rings is 2. The van der Waals surface area contributed by atoms with Crippen molar-refractivity contribution in [3.63, 3.8) is 0 Å². The molecule has 0 unspecified atom stereocenters. The van der Waals surface area contributed by atoms with Crippen molar-refractivity contribution < 1.29 is 16.8 Å². The summed E-state index contributed by atoms with van der Waals surface area (Å²) in [6.07, 6.45) is 0. The molecule has 2 aromatic rings. The van der Waals surface area contributed by atoms with Gasteiger partial charge in [0.25, 0.3) is 9.05 Å². The maximum Gasteiger partial charge on any atom is 0.272 e. The van der Waals surface area contributed by atoms with E-state index in [2.05, 4.69) is 9.97 Å². The van der Waals surface area contributed by atoms with Crippen LogP contribution in [0.4, 0.5) is 0 Å². The molecule has 0 fully saturated rings. The molecule has 12 heteroatoms. The van der Waals surface area contributed by atoms with Crippen LogP contribution in [0.5, 0.6) is 0 Å². The maximum absolute atomic E-state index is 10.8. The summed E-state index contributed by atoms with van der Waals surface area (Å²) in [5, 5.41) is 6.34. The van der Waals surface area contributed by atoms with Gasteiger partial charge in [0, 0.05) is 10.7 Å². The molecular weight excluding hydrogens is 390 g/mol. The van der Waals surface area contributed by atoms with Gasteiger partial charge in [-0.3, -0.25) is 0 Å². The van der Waals surface area contributed by atoms with Gasteiger partial charge >= 0.3 is 0 Å². The molecule has 0 aliphatic carbocycles. The number of hydrogen-bond acceptors (Lipinski definition) is 8. The highest BCUT2D eigenvalue weighted by molar-refractivity contribution is 8.15. The summed E-state index contributed by atoms with van der Waals surface area (Å²) in [6.45, 7) is 6.73. The van der Waals surface area contributed by atoms with Crippen molar-refractivity contribution >= 4 is 52.4 Å². The van der Waals surface area contributed by atoms with Crippen LogP contribution in [-0.2, 0) is 19.1 Å². The quantitative estimate of drug-likeness (QED) is 0.766. The molecule has 0 aromatic carbocycles. The second-order valence-electron chi connectivity index (χ2n) is 4.19. The second kappa shape index (κ2) is 6.89. The van der Waals surface area contributed by atoms with E-state index in [1.807, 2.05) is 0 Å². The number of halogens is 1. The van der Waals surface area contributed by atoms with Crippen molar-refractivity contribution in [2.24, 2.45) is 5.14 Å². The van der Waals surface area contributed by atoms with E-state index in [1.54, 1.807) is 27.7 Å². The van der Waals surface area contributed by atoms with Gasteiger partial charge in [0.15, 0.2) is 8.42 Å². The van der Waals surface area contributed by atoms with E-state index in [0.29, 0.717) is 21.4 Å². The zero-order valence-electron chi connectivity index (χ0n) is 12.1. The van der Waals surface area contributed by atoms with Gasteiger partial charge in [-0.15, -0.1) is 22.7 Å². The zero-order valence-corrected chi connectivity index (χ0v) is 16.1. The Morgan fingerprint density at radius 3 is 1.36 bits per heavy atom. The van der Waals surface area contributed by atoms with E-state index in [4.69, 9.17) is 15.8 Å². The molecule has 0 aliphatic rings. The number of hydrogen-bond donors (Lipinski definition) is 1. The number of sulfonamides is 1. The molecule has 0 saturated carbocycles. The van der Waals surface area contributed by atoms with E-state index in [9.17, 15) is 16.8 Å². The predicted octanol–water partition coefficient (Wildman–Crippen LogP) is 2.09. The first kappa shape index (κ1) is 19.5. The summed E-state index contributed by atoms with van der Waals surface area (Å²) in [5.41, 5.74) is 0.956. The van der Waals surface area contributed by atoms with Crippen LogP contribution in [0.25, 0.3) is 0 Å². The van der Waals surface area contributed by atoms with Gasteiger partial charge in [-0.05, 0) is 27.7 Å². The SMILES string of the molecule is Cc1nc(C)c(S(=O)(=O)Cl)s1.Cc1nc(C)c(S(N)(=O)=O)s1. The fourth-order valence-corrected chi connectivity index (χ4v) is 5.86. The Balaban J connectivity index is 0.000000220. The molecule has 7 nitrogen and oxygen atoms in total. The van der Waals surface area contributed by atoms with Crippen LogP contribution in [0.2, 0.25) is 0 Å². The topological polar surface area (TPSA) is 120 Å². The van der Waals surface area contributed by atoms with Crippen LogP contribution >= 0.6 is 33.4 Å². The first-order chi connectivity index (χ1) is 9.82. The normalized spacial score (nSPS) is 11.9. The summed E-state index contributed by atoms with van der Waals surface area (Å²) in [7, 11) is -2.02. The fraction of sp³-hybridized carbons (Fsp3) is 0.400. The van der Waals surface area contributed by atoms with Crippen LogP contribution in [0.3, 0.4) is 0 Å². The molecule has 2 aromatic heterocycles. The van der Waals surface area contributed by atoms with E-state index in [1.165, 1.54) is 0 Å². The molecule has 0 atom stereocenters. The van der Waals surface area contributed by atoms with Gasteiger partial charge in [-0.25, -0.2) is 31.9 Å². The highest BCUT2D eigenvalue weighted by atomic mass is 35.7. The third kappa shape index (κ3) is 5.25. The lowest BCUT2D eigenvalue weighted by molar-refractivity contribution is 0.598. The van der Waals surface area contributed by atoms with E-state index in [-0.39, 0.29) is 8.42 Å². The number of primary sulfonamides is 1. The number of rotatable bonds is 2. The van der Waals surface area contributed by atoms with Gasteiger partial charge in [-0.1, -0.05) is 0 Å². The first-order valence-electron chi connectivity index (χ1n) is 5.68. The van der Waals surface area contributed by atoms with Crippen LogP contribution in [0, 0.1) is 27.7 Å². The van der Waals surface area contributed by atoms with E-state index in [0.717, 1.165) is 22.7 Å². The molecule has 2 heterocycles. The molecule has 0 aliphatic heterocycles. The average Bonchev–Trinajstić information content (AvgIpc) is 2.80. The summed E-state index contributed by atoms with van der Waals surface area (Å²) in [4.78, 5) is 7.87. The Bertz CT molecular complexity index is 809. The molecule has 0 bridgehead atoms. The second-order valence-corrected chi connectivity index (χ2v) is 11.1. The van der Waals surface area contributed by atoms with Crippen molar-refractivity contribution in [3.8, 4) is 0 Å². The van der Waals surface area contributed by atoms with Gasteiger partial charge in [0.05, 0.1) is 21.4 Å². The highest BCUT2D eigenvalue weighted by Gasteiger charge is 2.17. The van der Waals surface area contributed by atoms with Gasteiger partial charge in [0.1, 0.15) is 0 Å². The Morgan fingerprint density at radius 1 is 0.864 bits per heavy atom. The summed E-state index contributed by atoms with van der Waals surface area (Å²) in [6, 6.07) is 0. The maximum atomic E-state index is 10.8. The van der Waals surface area contributed by atoms with Crippen molar-refractivity contribution in [1.82, 2.24) is 9.97 Å². The fourth-order valence-electron chi connectivity index (χ4n) is 1.52. The number of aryl methyl sites for hydroxylation is 4. The summed E-state index contributed by atoms with van der Waals surface area (Å²) in [5.74, 6) is 0.